The number of nitrogens with zero attached hydrogens (tertiary/aromatic N) is 2. The zero-order chi connectivity index (χ0) is 8.10. The van der Waals surface area contributed by atoms with Crippen LogP contribution in [0.25, 0.3) is 0 Å². The van der Waals surface area contributed by atoms with E-state index in [1.54, 1.807) is 0 Å². The first kappa shape index (κ1) is 8.33. The van der Waals surface area contributed by atoms with E-state index in [9.17, 15) is 0 Å². The van der Waals surface area contributed by atoms with E-state index in [1.165, 1.54) is 0 Å². The van der Waals surface area contributed by atoms with E-state index in [2.05, 4.69) is 15.2 Å². The predicted molar refractivity (Wildman–Crippen MR) is 46.6 cm³/mol. The van der Waals surface area contributed by atoms with Crippen LogP contribution in [-0.4, -0.2) is 43.6 Å². The number of nitrogens with one attached hydrogen (secondary N) is 1. The zero-order valence-corrected chi connectivity index (χ0v) is 7.01. The number of piperazine rings is 1. The number of rotatable bonds is 1. The van der Waals surface area contributed by atoms with Crippen molar-refractivity contribution in [1.29, 1.82) is 0 Å². The van der Waals surface area contributed by atoms with Gasteiger partial charge >= 0.3 is 0 Å². The Morgan fingerprint density at radius 3 is 2.73 bits per heavy atom. The van der Waals surface area contributed by atoms with Gasteiger partial charge in [0.1, 0.15) is 0 Å². The van der Waals surface area contributed by atoms with Crippen LogP contribution in [-0.2, 0) is 0 Å². The first-order chi connectivity index (χ1) is 5.34. The number of nitrogens with two attached hydrogens (primary N) is 1. The largest absolute Gasteiger partial charge is 0.370 e. The lowest BCUT2D eigenvalue weighted by Crippen LogP contribution is -2.49. The summed E-state index contributed by atoms with van der Waals surface area (Å²) in [6.07, 6.45) is 0. The molecule has 0 atom stereocenters. The maximum absolute atomic E-state index is 5.71. The molecule has 0 radical (unpaired) electrons. The van der Waals surface area contributed by atoms with Gasteiger partial charge in [0.15, 0.2) is 5.96 Å². The van der Waals surface area contributed by atoms with Crippen molar-refractivity contribution in [2.24, 2.45) is 10.7 Å². The van der Waals surface area contributed by atoms with Crippen molar-refractivity contribution in [1.82, 2.24) is 10.2 Å². The molecular formula is C7H16N4. The van der Waals surface area contributed by atoms with E-state index in [-0.39, 0.29) is 0 Å². The van der Waals surface area contributed by atoms with E-state index in [4.69, 9.17) is 5.73 Å². The molecule has 1 fully saturated rings. The summed E-state index contributed by atoms with van der Waals surface area (Å²) in [5.74, 6) is 0.689. The maximum Gasteiger partial charge on any atom is 0.191 e. The lowest BCUT2D eigenvalue weighted by Gasteiger charge is -2.28. The normalized spacial score (nSPS) is 20.5. The van der Waals surface area contributed by atoms with Crippen molar-refractivity contribution < 1.29 is 0 Å². The Morgan fingerprint density at radius 1 is 1.55 bits per heavy atom. The fourth-order valence-corrected chi connectivity index (χ4v) is 1.16. The van der Waals surface area contributed by atoms with Crippen LogP contribution in [0.1, 0.15) is 6.92 Å². The summed E-state index contributed by atoms with van der Waals surface area (Å²) >= 11 is 0. The molecule has 0 aromatic rings. The molecule has 1 rings (SSSR count). The van der Waals surface area contributed by atoms with E-state index in [1.807, 2.05) is 6.92 Å². The minimum Gasteiger partial charge on any atom is -0.370 e. The minimum absolute atomic E-state index is 0.689. The van der Waals surface area contributed by atoms with E-state index >= 15 is 0 Å². The lowest BCUT2D eigenvalue weighted by atomic mass is 10.4. The van der Waals surface area contributed by atoms with Gasteiger partial charge < -0.3 is 16.0 Å². The standard InChI is InChI=1S/C7H16N4/c1-2-10-7(8)11-5-3-9-4-6-11/h9H,2-6H2,1H3,(H2,8,10). The summed E-state index contributed by atoms with van der Waals surface area (Å²) < 4.78 is 0. The second kappa shape index (κ2) is 4.18. The fraction of sp³-hybridized carbons (Fsp3) is 0.857. The number of guanidine groups is 1. The molecule has 0 saturated carbocycles. The van der Waals surface area contributed by atoms with E-state index in [0.29, 0.717) is 5.96 Å². The van der Waals surface area contributed by atoms with Crippen molar-refractivity contribution in [3.63, 3.8) is 0 Å². The third-order valence-corrected chi connectivity index (χ3v) is 1.76. The van der Waals surface area contributed by atoms with Crippen molar-refractivity contribution >= 4 is 5.96 Å². The molecule has 64 valence electrons. The van der Waals surface area contributed by atoms with Gasteiger partial charge in [0, 0.05) is 32.7 Å². The van der Waals surface area contributed by atoms with Gasteiger partial charge in [-0.25, -0.2) is 0 Å². The Bertz CT molecular complexity index is 137. The van der Waals surface area contributed by atoms with Gasteiger partial charge in [0.05, 0.1) is 0 Å². The highest BCUT2D eigenvalue weighted by atomic mass is 15.3. The number of hydrogen-bond acceptors (Lipinski definition) is 2. The van der Waals surface area contributed by atoms with Gasteiger partial charge in [0.2, 0.25) is 0 Å². The Kier molecular flexibility index (Phi) is 3.16. The Morgan fingerprint density at radius 2 is 2.18 bits per heavy atom. The van der Waals surface area contributed by atoms with Crippen molar-refractivity contribution in [3.05, 3.63) is 0 Å². The zero-order valence-electron chi connectivity index (χ0n) is 7.01. The molecule has 4 nitrogen and oxygen atoms in total. The highest BCUT2D eigenvalue weighted by Crippen LogP contribution is 1.90. The fourth-order valence-electron chi connectivity index (χ4n) is 1.16. The average molecular weight is 156 g/mol. The van der Waals surface area contributed by atoms with Crippen LogP contribution in [0.4, 0.5) is 0 Å². The van der Waals surface area contributed by atoms with E-state index in [0.717, 1.165) is 32.7 Å². The molecule has 1 saturated heterocycles. The molecule has 0 aromatic heterocycles. The summed E-state index contributed by atoms with van der Waals surface area (Å²) in [7, 11) is 0. The summed E-state index contributed by atoms with van der Waals surface area (Å²) in [6.45, 7) is 6.76. The summed E-state index contributed by atoms with van der Waals surface area (Å²) in [5, 5.41) is 3.26. The molecule has 0 unspecified atom stereocenters. The summed E-state index contributed by atoms with van der Waals surface area (Å²) in [6, 6.07) is 0. The first-order valence-electron chi connectivity index (χ1n) is 4.10. The van der Waals surface area contributed by atoms with Gasteiger partial charge in [0.25, 0.3) is 0 Å². The van der Waals surface area contributed by atoms with Gasteiger partial charge in [-0.15, -0.1) is 0 Å². The predicted octanol–water partition coefficient (Wildman–Crippen LogP) is -0.774. The molecule has 3 N–H and O–H groups in total. The summed E-state index contributed by atoms with van der Waals surface area (Å²) in [4.78, 5) is 6.25. The highest BCUT2D eigenvalue weighted by molar-refractivity contribution is 5.78. The molecule has 1 aliphatic heterocycles. The Labute approximate surface area is 67.5 Å². The van der Waals surface area contributed by atoms with Crippen LogP contribution in [0.5, 0.6) is 0 Å². The Balaban J connectivity index is 2.38. The first-order valence-corrected chi connectivity index (χ1v) is 4.10. The topological polar surface area (TPSA) is 53.6 Å². The van der Waals surface area contributed by atoms with Crippen LogP contribution in [0.15, 0.2) is 4.99 Å². The molecule has 0 aliphatic carbocycles. The lowest BCUT2D eigenvalue weighted by molar-refractivity contribution is 0.353. The SMILES string of the molecule is CCN=C(N)N1CCNCC1. The molecule has 0 aromatic carbocycles. The van der Waals surface area contributed by atoms with Crippen LogP contribution in [0.2, 0.25) is 0 Å². The highest BCUT2D eigenvalue weighted by Gasteiger charge is 2.10. The monoisotopic (exact) mass is 156 g/mol. The minimum atomic E-state index is 0.689. The third kappa shape index (κ3) is 2.38. The average Bonchev–Trinajstić information content (AvgIpc) is 2.07. The molecule has 0 spiro atoms. The van der Waals surface area contributed by atoms with Gasteiger partial charge in [-0.2, -0.15) is 0 Å². The Hall–Kier alpha value is -0.770. The van der Waals surface area contributed by atoms with Crippen LogP contribution in [0.3, 0.4) is 0 Å². The third-order valence-electron chi connectivity index (χ3n) is 1.76. The van der Waals surface area contributed by atoms with Crippen molar-refractivity contribution in [3.8, 4) is 0 Å². The molecule has 0 amide bonds. The second-order valence-electron chi connectivity index (χ2n) is 2.57. The van der Waals surface area contributed by atoms with Crippen molar-refractivity contribution in [2.45, 2.75) is 6.92 Å². The molecule has 4 heteroatoms. The van der Waals surface area contributed by atoms with E-state index < -0.39 is 0 Å². The second-order valence-corrected chi connectivity index (χ2v) is 2.57. The van der Waals surface area contributed by atoms with Crippen LogP contribution >= 0.6 is 0 Å². The molecule has 1 heterocycles. The van der Waals surface area contributed by atoms with Gasteiger partial charge in [-0.1, -0.05) is 0 Å². The summed E-state index contributed by atoms with van der Waals surface area (Å²) in [5.41, 5.74) is 5.71. The maximum atomic E-state index is 5.71. The number of hydrogen-bond donors (Lipinski definition) is 2. The van der Waals surface area contributed by atoms with Crippen LogP contribution in [0, 0.1) is 0 Å². The van der Waals surface area contributed by atoms with Gasteiger partial charge in [-0.3, -0.25) is 4.99 Å². The molecule has 1 aliphatic rings. The number of aliphatic imine (C=N–C) groups is 1. The molecule has 0 bridgehead atoms. The molecular weight excluding hydrogens is 140 g/mol. The van der Waals surface area contributed by atoms with Crippen LogP contribution < -0.4 is 11.1 Å². The van der Waals surface area contributed by atoms with Crippen molar-refractivity contribution in [2.75, 3.05) is 32.7 Å². The smallest absolute Gasteiger partial charge is 0.191 e. The molecule has 11 heavy (non-hydrogen) atoms. The van der Waals surface area contributed by atoms with Gasteiger partial charge in [-0.05, 0) is 6.92 Å². The quantitative estimate of drug-likeness (QED) is 0.387.